The summed E-state index contributed by atoms with van der Waals surface area (Å²) >= 11 is 0. The molecule has 0 saturated carbocycles. The van der Waals surface area contributed by atoms with Gasteiger partial charge >= 0.3 is 0 Å². The average Bonchev–Trinajstić information content (AvgIpc) is 0.709. The van der Waals surface area contributed by atoms with Crippen molar-refractivity contribution in [2.24, 2.45) is 0 Å². The van der Waals surface area contributed by atoms with Crippen molar-refractivity contribution >= 4 is 102 Å². The zero-order chi connectivity index (χ0) is 94.9. The van der Waals surface area contributed by atoms with Crippen LogP contribution in [0.15, 0.2) is 437 Å². The lowest BCUT2D eigenvalue weighted by molar-refractivity contribution is 0.414. The molecule has 0 spiro atoms. The molecule has 0 saturated heterocycles. The molecule has 0 aromatic heterocycles. The average molecular weight is 1800 g/mol. The van der Waals surface area contributed by atoms with Crippen LogP contribution in [0.1, 0.15) is 33.4 Å². The first-order chi connectivity index (χ1) is 67.6. The first-order valence-electron chi connectivity index (χ1n) is 46.5. The Kier molecular flexibility index (Phi) is 26.3. The number of anilines is 18. The Labute approximate surface area is 810 Å². The first kappa shape index (κ1) is 90.0. The van der Waals surface area contributed by atoms with Gasteiger partial charge in [-0.25, -0.2) is 0 Å². The minimum Gasteiger partial charge on any atom is -0.497 e. The maximum atomic E-state index is 5.83. The zero-order valence-electron chi connectivity index (χ0n) is 79.7. The Morgan fingerprint density at radius 3 is 0.275 bits per heavy atom. The lowest BCUT2D eigenvalue weighted by Gasteiger charge is -2.31. The fraction of sp³-hybridized carbons (Fsp3) is 0.0952. The van der Waals surface area contributed by atoms with E-state index in [1.807, 2.05) is 72.8 Å². The Morgan fingerprint density at radius 2 is 0.188 bits per heavy atom. The maximum absolute atomic E-state index is 5.83. The molecule has 0 aliphatic rings. The minimum atomic E-state index is 0.751. The number of benzene rings is 19. The van der Waals surface area contributed by atoms with Crippen LogP contribution in [0.4, 0.5) is 102 Å². The summed E-state index contributed by atoms with van der Waals surface area (Å²) in [5, 5.41) is 0. The van der Waals surface area contributed by atoms with Gasteiger partial charge < -0.3 is 57.8 Å². The number of nitrogens with zero attached hydrogens (tertiary/aromatic N) is 6. The predicted molar refractivity (Wildman–Crippen MR) is 575 cm³/mol. The molecule has 678 valence electrons. The second kappa shape index (κ2) is 40.3. The molecule has 19 aromatic rings. The summed E-state index contributed by atoms with van der Waals surface area (Å²) in [4.78, 5) is 14.0. The van der Waals surface area contributed by atoms with Crippen LogP contribution in [0.2, 0.25) is 0 Å². The summed E-state index contributed by atoms with van der Waals surface area (Å²) in [5.74, 6) is 4.51. The van der Waals surface area contributed by atoms with Gasteiger partial charge in [-0.05, 0) is 399 Å². The quantitative estimate of drug-likeness (QED) is 0.0430. The van der Waals surface area contributed by atoms with Crippen molar-refractivity contribution in [1.29, 1.82) is 0 Å². The molecule has 0 aliphatic heterocycles. The molecule has 0 heterocycles. The maximum Gasteiger partial charge on any atom is 0.119 e. The Bertz CT molecular complexity index is 6340. The van der Waals surface area contributed by atoms with Crippen molar-refractivity contribution in [2.75, 3.05) is 72.1 Å². The molecule has 0 atom stereocenters. The SMILES string of the molecule is COc1ccc(N(c2ccc(OC)cc2)c2ccc(-c3c(-c4ccc(N(c5ccc(C)cc5)c5ccc(C)cc5)cc4)c(-c4ccc(N(c5ccc(OC)cc5)c5ccc(OC)cc5)cc4)c(-c4ccc(N(c5ccc(C)cc5)c5ccc(C)cc5)cc4)c(-c4ccc(N(c5ccc(OC)cc5)c5ccc(OC)cc5)cc4)c3-c3ccc(N(c4ccc(C)cc4)c4ccc(C)cc4)cc3)cc2)cc1. The highest BCUT2D eigenvalue weighted by Crippen LogP contribution is 2.59. The molecule has 0 aliphatic carbocycles. The third-order valence-corrected chi connectivity index (χ3v) is 25.7. The van der Waals surface area contributed by atoms with Gasteiger partial charge in [0.15, 0.2) is 0 Å². The lowest BCUT2D eigenvalue weighted by Crippen LogP contribution is -2.11. The van der Waals surface area contributed by atoms with Crippen LogP contribution in [-0.2, 0) is 0 Å². The lowest BCUT2D eigenvalue weighted by atomic mass is 9.74. The van der Waals surface area contributed by atoms with E-state index >= 15 is 0 Å². The Morgan fingerprint density at radius 1 is 0.109 bits per heavy atom. The summed E-state index contributed by atoms with van der Waals surface area (Å²) in [6.45, 7) is 12.9. The molecule has 12 heteroatoms. The summed E-state index contributed by atoms with van der Waals surface area (Å²) in [7, 11) is 10.2. The summed E-state index contributed by atoms with van der Waals surface area (Å²) in [6.07, 6.45) is 0. The highest BCUT2D eigenvalue weighted by atomic mass is 16.5. The Hall–Kier alpha value is -17.2. The molecule has 0 radical (unpaired) electrons. The van der Waals surface area contributed by atoms with E-state index in [4.69, 9.17) is 28.4 Å². The van der Waals surface area contributed by atoms with Crippen molar-refractivity contribution in [1.82, 2.24) is 0 Å². The van der Waals surface area contributed by atoms with E-state index in [1.54, 1.807) is 42.7 Å². The van der Waals surface area contributed by atoms with E-state index in [9.17, 15) is 0 Å². The van der Waals surface area contributed by atoms with Crippen LogP contribution in [-0.4, -0.2) is 42.7 Å². The Balaban J connectivity index is 0.970. The van der Waals surface area contributed by atoms with Gasteiger partial charge in [-0.3, -0.25) is 0 Å². The molecular weight excluding hydrogens is 1690 g/mol. The van der Waals surface area contributed by atoms with Crippen LogP contribution in [0, 0.1) is 41.5 Å². The topological polar surface area (TPSA) is 74.8 Å². The van der Waals surface area contributed by atoms with Crippen molar-refractivity contribution in [3.8, 4) is 101 Å². The van der Waals surface area contributed by atoms with Crippen molar-refractivity contribution in [3.05, 3.63) is 470 Å². The molecule has 19 aromatic carbocycles. The molecule has 0 N–H and O–H groups in total. The van der Waals surface area contributed by atoms with Gasteiger partial charge in [0, 0.05) is 102 Å². The standard InChI is InChI=1S/C126H108N6O6/c1-85-13-37-97(38-14-85)127(98-39-15-86(2)16-40-98)103-49-25-91(26-50-103)121-124(94-31-55-106(56-32-94)130(109-61-73-115(133-7)74-62-109)110-63-75-116(134-8)76-64-110)122(92-27-51-104(52-28-92)128(99-41-17-87(3)18-42-99)100-43-19-88(4)20-44-100)126(96-35-59-108(60-36-96)132(113-69-81-119(137-11)82-70-113)114-71-83-120(138-12)84-72-114)123(93-29-53-105(54-30-93)129(101-45-21-89(5)22-46-101)102-47-23-90(6)24-48-102)125(121)95-33-57-107(58-34-95)131(111-65-77-117(135-9)78-66-111)112-67-79-118(136-10)80-68-112/h13-84H,1-12H3. The molecule has 0 bridgehead atoms. The second-order valence-corrected chi connectivity index (χ2v) is 34.7. The van der Waals surface area contributed by atoms with Crippen LogP contribution in [0.25, 0.3) is 66.8 Å². The normalized spacial score (nSPS) is 11.0. The number of rotatable bonds is 30. The third kappa shape index (κ3) is 19.0. The number of methoxy groups -OCH3 is 6. The van der Waals surface area contributed by atoms with E-state index < -0.39 is 0 Å². The van der Waals surface area contributed by atoms with Crippen LogP contribution in [0.3, 0.4) is 0 Å². The zero-order valence-corrected chi connectivity index (χ0v) is 79.7. The minimum absolute atomic E-state index is 0.751. The summed E-state index contributed by atoms with van der Waals surface area (Å²) in [6, 6.07) is 158. The van der Waals surface area contributed by atoms with Crippen LogP contribution < -0.4 is 57.8 Å². The van der Waals surface area contributed by atoms with Crippen molar-refractivity contribution in [3.63, 3.8) is 0 Å². The van der Waals surface area contributed by atoms with E-state index in [1.165, 1.54) is 33.4 Å². The molecular formula is C126H108N6O6. The fourth-order valence-electron chi connectivity index (χ4n) is 18.4. The van der Waals surface area contributed by atoms with Gasteiger partial charge in [0.2, 0.25) is 0 Å². The van der Waals surface area contributed by atoms with E-state index in [0.29, 0.717) is 0 Å². The fourth-order valence-corrected chi connectivity index (χ4v) is 18.4. The first-order valence-corrected chi connectivity index (χ1v) is 46.5. The second-order valence-electron chi connectivity index (χ2n) is 34.7. The van der Waals surface area contributed by atoms with E-state index in [0.717, 1.165) is 204 Å². The van der Waals surface area contributed by atoms with Gasteiger partial charge in [0.05, 0.1) is 42.7 Å². The molecule has 0 unspecified atom stereocenters. The van der Waals surface area contributed by atoms with E-state index in [-0.39, 0.29) is 0 Å². The van der Waals surface area contributed by atoms with Gasteiger partial charge in [0.25, 0.3) is 0 Å². The number of hydrogen-bond acceptors (Lipinski definition) is 12. The third-order valence-electron chi connectivity index (χ3n) is 25.7. The highest BCUT2D eigenvalue weighted by Gasteiger charge is 2.33. The number of hydrogen-bond donors (Lipinski definition) is 0. The van der Waals surface area contributed by atoms with E-state index in [2.05, 4.69) is 435 Å². The summed E-state index contributed by atoms with van der Waals surface area (Å²) in [5.41, 5.74) is 36.4. The van der Waals surface area contributed by atoms with Crippen molar-refractivity contribution < 1.29 is 28.4 Å². The van der Waals surface area contributed by atoms with Crippen LogP contribution in [0.5, 0.6) is 34.5 Å². The molecule has 12 nitrogen and oxygen atoms in total. The van der Waals surface area contributed by atoms with Gasteiger partial charge in [-0.2, -0.15) is 0 Å². The smallest absolute Gasteiger partial charge is 0.119 e. The number of aryl methyl sites for hydroxylation is 6. The van der Waals surface area contributed by atoms with Crippen molar-refractivity contribution in [2.45, 2.75) is 41.5 Å². The van der Waals surface area contributed by atoms with Gasteiger partial charge in [0.1, 0.15) is 34.5 Å². The largest absolute Gasteiger partial charge is 0.497 e. The van der Waals surface area contributed by atoms with Crippen LogP contribution >= 0.6 is 0 Å². The number of ether oxygens (including phenoxy) is 6. The monoisotopic (exact) mass is 1800 g/mol. The molecule has 138 heavy (non-hydrogen) atoms. The molecule has 0 amide bonds. The molecule has 0 fully saturated rings. The highest BCUT2D eigenvalue weighted by molar-refractivity contribution is 6.16. The summed E-state index contributed by atoms with van der Waals surface area (Å²) < 4.78 is 35.0. The molecule has 19 rings (SSSR count). The van der Waals surface area contributed by atoms with Gasteiger partial charge in [-0.15, -0.1) is 0 Å². The van der Waals surface area contributed by atoms with Gasteiger partial charge in [-0.1, -0.05) is 179 Å². The predicted octanol–water partition coefficient (Wildman–Crippen LogP) is 34.4.